The van der Waals surface area contributed by atoms with E-state index in [1.807, 2.05) is 11.6 Å². The Hall–Kier alpha value is -1.20. The third kappa shape index (κ3) is 3.22. The first-order valence-electron chi connectivity index (χ1n) is 6.70. The number of thiazole rings is 1. The van der Waals surface area contributed by atoms with Crippen LogP contribution in [0.4, 0.5) is 0 Å². The smallest absolute Gasteiger partial charge is 0.114 e. The van der Waals surface area contributed by atoms with Crippen molar-refractivity contribution in [3.8, 4) is 0 Å². The van der Waals surface area contributed by atoms with E-state index in [1.54, 1.807) is 11.3 Å². The van der Waals surface area contributed by atoms with E-state index in [9.17, 15) is 0 Å². The zero-order valence-electron chi connectivity index (χ0n) is 12.1. The summed E-state index contributed by atoms with van der Waals surface area (Å²) in [6, 6.07) is 0.220. The average molecular weight is 278 g/mol. The summed E-state index contributed by atoms with van der Waals surface area (Å²) in [5, 5.41) is 7.81. The van der Waals surface area contributed by atoms with Crippen molar-refractivity contribution in [3.63, 3.8) is 0 Å². The Morgan fingerprint density at radius 2 is 2.11 bits per heavy atom. The van der Waals surface area contributed by atoms with Gasteiger partial charge in [0.05, 0.1) is 12.2 Å². The Labute approximate surface area is 118 Å². The van der Waals surface area contributed by atoms with Gasteiger partial charge in [-0.25, -0.2) is 4.98 Å². The lowest BCUT2D eigenvalue weighted by atomic mass is 10.0. The highest BCUT2D eigenvalue weighted by Crippen LogP contribution is 2.18. The van der Waals surface area contributed by atoms with Crippen LogP contribution in [0.15, 0.2) is 5.38 Å². The van der Waals surface area contributed by atoms with Crippen molar-refractivity contribution < 1.29 is 0 Å². The number of nitrogens with zero attached hydrogens (tertiary/aromatic N) is 3. The van der Waals surface area contributed by atoms with Crippen molar-refractivity contribution in [2.45, 2.75) is 53.1 Å². The van der Waals surface area contributed by atoms with Gasteiger partial charge in [0.25, 0.3) is 0 Å². The van der Waals surface area contributed by atoms with Gasteiger partial charge in [0, 0.05) is 22.8 Å². The lowest BCUT2D eigenvalue weighted by molar-refractivity contribution is 0.635. The molecule has 0 fully saturated rings. The van der Waals surface area contributed by atoms with E-state index in [4.69, 9.17) is 5.73 Å². The maximum Gasteiger partial charge on any atom is 0.114 e. The normalized spacial score (nSPS) is 12.9. The second kappa shape index (κ2) is 5.84. The molecular formula is C14H22N4S. The van der Waals surface area contributed by atoms with Crippen LogP contribution < -0.4 is 5.73 Å². The van der Waals surface area contributed by atoms with E-state index in [2.05, 4.69) is 36.2 Å². The van der Waals surface area contributed by atoms with E-state index in [0.717, 1.165) is 35.8 Å². The predicted molar refractivity (Wildman–Crippen MR) is 79.6 cm³/mol. The summed E-state index contributed by atoms with van der Waals surface area (Å²) in [4.78, 5) is 4.50. The van der Waals surface area contributed by atoms with Gasteiger partial charge in [-0.3, -0.25) is 4.68 Å². The van der Waals surface area contributed by atoms with Crippen LogP contribution in [0.2, 0.25) is 0 Å². The summed E-state index contributed by atoms with van der Waals surface area (Å²) in [6.07, 6.45) is 1.90. The fourth-order valence-electron chi connectivity index (χ4n) is 2.19. The molecule has 2 heterocycles. The number of aryl methyl sites for hydroxylation is 2. The first kappa shape index (κ1) is 14.2. The molecule has 0 saturated heterocycles. The van der Waals surface area contributed by atoms with Crippen LogP contribution >= 0.6 is 11.3 Å². The summed E-state index contributed by atoms with van der Waals surface area (Å²) in [6.45, 7) is 9.09. The quantitative estimate of drug-likeness (QED) is 0.914. The van der Waals surface area contributed by atoms with Gasteiger partial charge in [0.15, 0.2) is 0 Å². The lowest BCUT2D eigenvalue weighted by Crippen LogP contribution is -2.22. The monoisotopic (exact) mass is 278 g/mol. The Balaban J connectivity index is 2.20. The largest absolute Gasteiger partial charge is 0.327 e. The number of hydrogen-bond acceptors (Lipinski definition) is 4. The van der Waals surface area contributed by atoms with Crippen molar-refractivity contribution >= 4 is 11.3 Å². The van der Waals surface area contributed by atoms with E-state index >= 15 is 0 Å². The number of nitrogens with two attached hydrogens (primary N) is 1. The Kier molecular flexibility index (Phi) is 4.37. The van der Waals surface area contributed by atoms with Crippen LogP contribution in [0.3, 0.4) is 0 Å². The molecule has 0 aromatic carbocycles. The van der Waals surface area contributed by atoms with Crippen molar-refractivity contribution in [1.82, 2.24) is 14.8 Å². The minimum absolute atomic E-state index is 0.220. The molecule has 2 N–H and O–H groups in total. The lowest BCUT2D eigenvalue weighted by Gasteiger charge is -2.09. The highest BCUT2D eigenvalue weighted by atomic mass is 32.1. The van der Waals surface area contributed by atoms with E-state index < -0.39 is 0 Å². The van der Waals surface area contributed by atoms with Gasteiger partial charge < -0.3 is 5.73 Å². The molecule has 2 aromatic heterocycles. The molecule has 0 aliphatic rings. The van der Waals surface area contributed by atoms with Gasteiger partial charge in [-0.1, -0.05) is 6.92 Å². The standard InChI is InChI=1S/C14H22N4S/c1-5-12(15)6-13-10(3)17-18(11(13)4)7-14-16-9(2)8-19-14/h8,12H,5-7,15H2,1-4H3. The van der Waals surface area contributed by atoms with Gasteiger partial charge in [-0.15, -0.1) is 11.3 Å². The molecule has 1 atom stereocenters. The number of hydrogen-bond donors (Lipinski definition) is 1. The van der Waals surface area contributed by atoms with Crippen molar-refractivity contribution in [2.75, 3.05) is 0 Å². The third-order valence-corrected chi connectivity index (χ3v) is 4.43. The first-order chi connectivity index (χ1) is 9.01. The maximum atomic E-state index is 6.06. The van der Waals surface area contributed by atoms with Gasteiger partial charge in [-0.2, -0.15) is 5.10 Å². The summed E-state index contributed by atoms with van der Waals surface area (Å²) in [5.74, 6) is 0. The van der Waals surface area contributed by atoms with E-state index in [0.29, 0.717) is 0 Å². The van der Waals surface area contributed by atoms with Gasteiger partial charge in [0.1, 0.15) is 5.01 Å². The number of aromatic nitrogens is 3. The summed E-state index contributed by atoms with van der Waals surface area (Å²) in [5.41, 5.74) is 10.7. The molecule has 4 nitrogen and oxygen atoms in total. The molecule has 0 aliphatic carbocycles. The maximum absolute atomic E-state index is 6.06. The molecule has 0 spiro atoms. The van der Waals surface area contributed by atoms with Crippen LogP contribution in [0.5, 0.6) is 0 Å². The second-order valence-electron chi connectivity index (χ2n) is 5.06. The number of rotatable bonds is 5. The Morgan fingerprint density at radius 3 is 2.68 bits per heavy atom. The third-order valence-electron chi connectivity index (χ3n) is 3.47. The summed E-state index contributed by atoms with van der Waals surface area (Å²) in [7, 11) is 0. The van der Waals surface area contributed by atoms with Crippen LogP contribution in [0, 0.1) is 20.8 Å². The zero-order chi connectivity index (χ0) is 14.0. The average Bonchev–Trinajstić information content (AvgIpc) is 2.88. The molecule has 2 rings (SSSR count). The van der Waals surface area contributed by atoms with Crippen LogP contribution in [-0.4, -0.2) is 20.8 Å². The SMILES string of the molecule is CCC(N)Cc1c(C)nn(Cc2nc(C)cs2)c1C. The molecule has 2 aromatic rings. The highest BCUT2D eigenvalue weighted by Gasteiger charge is 2.14. The molecule has 1 unspecified atom stereocenters. The summed E-state index contributed by atoms with van der Waals surface area (Å²) < 4.78 is 2.05. The minimum Gasteiger partial charge on any atom is -0.327 e. The van der Waals surface area contributed by atoms with Gasteiger partial charge in [-0.05, 0) is 39.2 Å². The van der Waals surface area contributed by atoms with Crippen molar-refractivity contribution in [3.05, 3.63) is 33.0 Å². The Morgan fingerprint density at radius 1 is 1.37 bits per heavy atom. The molecule has 0 aliphatic heterocycles. The van der Waals surface area contributed by atoms with Gasteiger partial charge in [0.2, 0.25) is 0 Å². The molecule has 0 bridgehead atoms. The molecule has 104 valence electrons. The van der Waals surface area contributed by atoms with Crippen LogP contribution in [0.25, 0.3) is 0 Å². The van der Waals surface area contributed by atoms with Crippen LogP contribution in [0.1, 0.15) is 41.0 Å². The topological polar surface area (TPSA) is 56.7 Å². The van der Waals surface area contributed by atoms with E-state index in [-0.39, 0.29) is 6.04 Å². The fraction of sp³-hybridized carbons (Fsp3) is 0.571. The molecular weight excluding hydrogens is 256 g/mol. The fourth-order valence-corrected chi connectivity index (χ4v) is 2.95. The zero-order valence-corrected chi connectivity index (χ0v) is 12.9. The Bertz CT molecular complexity index is 556. The molecule has 0 radical (unpaired) electrons. The minimum atomic E-state index is 0.220. The summed E-state index contributed by atoms with van der Waals surface area (Å²) >= 11 is 1.69. The van der Waals surface area contributed by atoms with E-state index in [1.165, 1.54) is 11.3 Å². The molecule has 19 heavy (non-hydrogen) atoms. The second-order valence-corrected chi connectivity index (χ2v) is 6.00. The van der Waals surface area contributed by atoms with Gasteiger partial charge >= 0.3 is 0 Å². The predicted octanol–water partition coefficient (Wildman–Crippen LogP) is 2.59. The highest BCUT2D eigenvalue weighted by molar-refractivity contribution is 7.09. The van der Waals surface area contributed by atoms with Crippen LogP contribution in [-0.2, 0) is 13.0 Å². The molecule has 5 heteroatoms. The van der Waals surface area contributed by atoms with Crippen molar-refractivity contribution in [1.29, 1.82) is 0 Å². The molecule has 0 amide bonds. The molecule has 0 saturated carbocycles. The van der Waals surface area contributed by atoms with Crippen molar-refractivity contribution in [2.24, 2.45) is 5.73 Å². The first-order valence-corrected chi connectivity index (χ1v) is 7.58.